The lowest BCUT2D eigenvalue weighted by Crippen LogP contribution is -2.27. The van der Waals surface area contributed by atoms with E-state index in [1.54, 1.807) is 7.11 Å². The second-order valence-corrected chi connectivity index (χ2v) is 6.35. The Morgan fingerprint density at radius 1 is 1.20 bits per heavy atom. The maximum atomic E-state index is 12.4. The predicted molar refractivity (Wildman–Crippen MR) is 101 cm³/mol. The number of para-hydroxylation sites is 1. The highest BCUT2D eigenvalue weighted by molar-refractivity contribution is 5.80. The molecule has 1 N–H and O–H groups in total. The first-order chi connectivity index (χ1) is 12.1. The van der Waals surface area contributed by atoms with Gasteiger partial charge in [-0.25, -0.2) is 0 Å². The Hall–Kier alpha value is -2.75. The van der Waals surface area contributed by atoms with E-state index in [-0.39, 0.29) is 11.9 Å². The van der Waals surface area contributed by atoms with Gasteiger partial charge in [-0.2, -0.15) is 0 Å². The zero-order chi connectivity index (χ0) is 17.8. The average Bonchev–Trinajstić information content (AvgIpc) is 3.03. The molecule has 1 heterocycles. The van der Waals surface area contributed by atoms with Crippen LogP contribution in [0, 0.1) is 6.92 Å². The van der Waals surface area contributed by atoms with Gasteiger partial charge in [-0.15, -0.1) is 0 Å². The maximum Gasteiger partial charge on any atom is 0.222 e. The Kier molecular flexibility index (Phi) is 5.08. The van der Waals surface area contributed by atoms with E-state index in [0.717, 1.165) is 22.4 Å². The van der Waals surface area contributed by atoms with Gasteiger partial charge >= 0.3 is 0 Å². The molecule has 0 aliphatic rings. The van der Waals surface area contributed by atoms with Crippen LogP contribution in [0.25, 0.3) is 10.9 Å². The van der Waals surface area contributed by atoms with Gasteiger partial charge < -0.3 is 14.6 Å². The van der Waals surface area contributed by atoms with Gasteiger partial charge in [0, 0.05) is 30.2 Å². The number of nitrogens with zero attached hydrogens (tertiary/aromatic N) is 1. The summed E-state index contributed by atoms with van der Waals surface area (Å²) in [5, 5.41) is 4.27. The van der Waals surface area contributed by atoms with Crippen molar-refractivity contribution in [2.24, 2.45) is 0 Å². The van der Waals surface area contributed by atoms with Crippen molar-refractivity contribution in [2.75, 3.05) is 7.11 Å². The summed E-state index contributed by atoms with van der Waals surface area (Å²) < 4.78 is 7.53. The number of hydrogen-bond acceptors (Lipinski definition) is 2. The van der Waals surface area contributed by atoms with Crippen LogP contribution in [0.1, 0.15) is 30.5 Å². The third-order valence-corrected chi connectivity index (χ3v) is 4.49. The highest BCUT2D eigenvalue weighted by Gasteiger charge is 2.14. The van der Waals surface area contributed by atoms with Crippen LogP contribution in [0.15, 0.2) is 54.7 Å². The molecular weight excluding hydrogens is 312 g/mol. The number of amides is 1. The van der Waals surface area contributed by atoms with Crippen molar-refractivity contribution in [3.63, 3.8) is 0 Å². The SMILES string of the molecule is COc1ccc(C)cc1[C@@H](C)NC(=O)CCn1ccc2ccccc21. The van der Waals surface area contributed by atoms with Crippen LogP contribution < -0.4 is 10.1 Å². The summed E-state index contributed by atoms with van der Waals surface area (Å²) >= 11 is 0. The van der Waals surface area contributed by atoms with Gasteiger partial charge in [-0.1, -0.05) is 35.9 Å². The Bertz CT molecular complexity index is 882. The van der Waals surface area contributed by atoms with Gasteiger partial charge in [0.1, 0.15) is 5.75 Å². The number of nitrogens with one attached hydrogen (secondary N) is 1. The first kappa shape index (κ1) is 17.1. The minimum atomic E-state index is -0.0937. The van der Waals surface area contributed by atoms with E-state index < -0.39 is 0 Å². The van der Waals surface area contributed by atoms with Crippen LogP contribution in [0.5, 0.6) is 5.75 Å². The van der Waals surface area contributed by atoms with Gasteiger partial charge in [0.15, 0.2) is 0 Å². The van der Waals surface area contributed by atoms with E-state index in [4.69, 9.17) is 4.74 Å². The molecule has 0 aliphatic carbocycles. The van der Waals surface area contributed by atoms with Gasteiger partial charge in [-0.3, -0.25) is 4.79 Å². The second-order valence-electron chi connectivity index (χ2n) is 6.35. The number of aryl methyl sites for hydroxylation is 2. The monoisotopic (exact) mass is 336 g/mol. The van der Waals surface area contributed by atoms with E-state index >= 15 is 0 Å². The number of hydrogen-bond donors (Lipinski definition) is 1. The minimum Gasteiger partial charge on any atom is -0.496 e. The van der Waals surface area contributed by atoms with E-state index in [1.165, 1.54) is 5.39 Å². The molecule has 0 bridgehead atoms. The van der Waals surface area contributed by atoms with Crippen LogP contribution in [0.2, 0.25) is 0 Å². The molecule has 1 atom stereocenters. The zero-order valence-corrected chi connectivity index (χ0v) is 15.0. The Labute approximate surface area is 148 Å². The minimum absolute atomic E-state index is 0.0360. The average molecular weight is 336 g/mol. The smallest absolute Gasteiger partial charge is 0.222 e. The van der Waals surface area contributed by atoms with Crippen molar-refractivity contribution < 1.29 is 9.53 Å². The van der Waals surface area contributed by atoms with Gasteiger partial charge in [0.05, 0.1) is 13.2 Å². The molecule has 130 valence electrons. The standard InChI is InChI=1S/C21H24N2O2/c1-15-8-9-20(25-3)18(14-15)16(2)22-21(24)11-13-23-12-10-17-6-4-5-7-19(17)23/h4-10,12,14,16H,11,13H2,1-3H3,(H,22,24)/t16-/m1/s1. The lowest BCUT2D eigenvalue weighted by Gasteiger charge is -2.18. The summed E-state index contributed by atoms with van der Waals surface area (Å²) in [6, 6.07) is 16.2. The lowest BCUT2D eigenvalue weighted by molar-refractivity contribution is -0.121. The molecule has 1 aromatic heterocycles. The van der Waals surface area contributed by atoms with E-state index in [2.05, 4.69) is 34.1 Å². The van der Waals surface area contributed by atoms with Crippen molar-refractivity contribution in [1.82, 2.24) is 9.88 Å². The highest BCUT2D eigenvalue weighted by atomic mass is 16.5. The number of aromatic nitrogens is 1. The summed E-state index contributed by atoms with van der Waals surface area (Å²) in [5.74, 6) is 0.837. The first-order valence-electron chi connectivity index (χ1n) is 8.56. The number of rotatable bonds is 6. The Morgan fingerprint density at radius 2 is 2.00 bits per heavy atom. The highest BCUT2D eigenvalue weighted by Crippen LogP contribution is 2.26. The number of methoxy groups -OCH3 is 1. The second kappa shape index (κ2) is 7.43. The van der Waals surface area contributed by atoms with Crippen LogP contribution in [-0.4, -0.2) is 17.6 Å². The molecule has 3 rings (SSSR count). The van der Waals surface area contributed by atoms with Gasteiger partial charge in [0.25, 0.3) is 0 Å². The fourth-order valence-corrected chi connectivity index (χ4v) is 3.14. The molecule has 3 aromatic rings. The van der Waals surface area contributed by atoms with Crippen LogP contribution in [0.4, 0.5) is 0 Å². The number of carbonyl (C=O) groups is 1. The molecule has 25 heavy (non-hydrogen) atoms. The molecule has 0 saturated heterocycles. The predicted octanol–water partition coefficient (Wildman–Crippen LogP) is 4.23. The molecule has 4 nitrogen and oxygen atoms in total. The zero-order valence-electron chi connectivity index (χ0n) is 15.0. The van der Waals surface area contributed by atoms with Crippen LogP contribution in [-0.2, 0) is 11.3 Å². The molecule has 0 aliphatic heterocycles. The molecule has 0 fully saturated rings. The summed E-state index contributed by atoms with van der Waals surface area (Å²) in [5.41, 5.74) is 3.31. The number of benzene rings is 2. The fourth-order valence-electron chi connectivity index (χ4n) is 3.14. The van der Waals surface area contributed by atoms with Crippen LogP contribution in [0.3, 0.4) is 0 Å². The number of ether oxygens (including phenoxy) is 1. The van der Waals surface area contributed by atoms with E-state index in [0.29, 0.717) is 13.0 Å². The lowest BCUT2D eigenvalue weighted by atomic mass is 10.0. The molecule has 2 aromatic carbocycles. The topological polar surface area (TPSA) is 43.3 Å². The third-order valence-electron chi connectivity index (χ3n) is 4.49. The molecule has 0 saturated carbocycles. The van der Waals surface area contributed by atoms with Crippen molar-refractivity contribution in [2.45, 2.75) is 32.9 Å². The fraction of sp³-hybridized carbons (Fsp3) is 0.286. The third kappa shape index (κ3) is 3.85. The van der Waals surface area contributed by atoms with E-state index in [9.17, 15) is 4.79 Å². The number of carbonyl (C=O) groups excluding carboxylic acids is 1. The van der Waals surface area contributed by atoms with Gasteiger partial charge in [-0.05, 0) is 37.4 Å². The summed E-state index contributed by atoms with van der Waals surface area (Å²) in [6.45, 7) is 4.69. The largest absolute Gasteiger partial charge is 0.496 e. The van der Waals surface area contributed by atoms with E-state index in [1.807, 2.05) is 44.3 Å². The molecule has 0 unspecified atom stereocenters. The van der Waals surface area contributed by atoms with Crippen molar-refractivity contribution in [3.8, 4) is 5.75 Å². The normalized spacial score (nSPS) is 12.1. The summed E-state index contributed by atoms with van der Waals surface area (Å²) in [4.78, 5) is 12.4. The van der Waals surface area contributed by atoms with Crippen molar-refractivity contribution in [1.29, 1.82) is 0 Å². The maximum absolute atomic E-state index is 12.4. The Balaban J connectivity index is 1.63. The quantitative estimate of drug-likeness (QED) is 0.732. The van der Waals surface area contributed by atoms with Crippen LogP contribution >= 0.6 is 0 Å². The van der Waals surface area contributed by atoms with Crippen molar-refractivity contribution in [3.05, 3.63) is 65.9 Å². The summed E-state index contributed by atoms with van der Waals surface area (Å²) in [7, 11) is 1.65. The number of fused-ring (bicyclic) bond motifs is 1. The summed E-state index contributed by atoms with van der Waals surface area (Å²) in [6.07, 6.45) is 2.47. The van der Waals surface area contributed by atoms with Gasteiger partial charge in [0.2, 0.25) is 5.91 Å². The molecule has 0 radical (unpaired) electrons. The molecule has 1 amide bonds. The van der Waals surface area contributed by atoms with Crippen molar-refractivity contribution >= 4 is 16.8 Å². The molecule has 0 spiro atoms. The Morgan fingerprint density at radius 3 is 2.80 bits per heavy atom. The molecular formula is C21H24N2O2. The molecule has 4 heteroatoms. The first-order valence-corrected chi connectivity index (χ1v) is 8.56.